The second-order valence-corrected chi connectivity index (χ2v) is 5.44. The molecule has 2 heterocycles. The van der Waals surface area contributed by atoms with Gasteiger partial charge in [-0.25, -0.2) is 9.97 Å². The second-order valence-electron chi connectivity index (χ2n) is 5.44. The summed E-state index contributed by atoms with van der Waals surface area (Å²) in [7, 11) is 3.47. The van der Waals surface area contributed by atoms with E-state index in [0.717, 1.165) is 16.8 Å². The van der Waals surface area contributed by atoms with Gasteiger partial charge in [0, 0.05) is 43.8 Å². The average Bonchev–Trinajstić information content (AvgIpc) is 2.63. The molecule has 6 nitrogen and oxygen atoms in total. The minimum Gasteiger partial charge on any atom is -0.345 e. The average molecular weight is 319 g/mol. The molecule has 0 bridgehead atoms. The Hall–Kier alpha value is -3.28. The number of aromatic nitrogens is 3. The van der Waals surface area contributed by atoms with Crippen molar-refractivity contribution in [3.63, 3.8) is 0 Å². The van der Waals surface area contributed by atoms with Gasteiger partial charge < -0.3 is 10.2 Å². The summed E-state index contributed by atoms with van der Waals surface area (Å²) < 4.78 is 0. The predicted octanol–water partition coefficient (Wildman–Crippen LogP) is 2.98. The molecule has 24 heavy (non-hydrogen) atoms. The fourth-order valence-electron chi connectivity index (χ4n) is 2.17. The lowest BCUT2D eigenvalue weighted by atomic mass is 10.1. The third kappa shape index (κ3) is 3.55. The standard InChI is InChI=1S/C18H17N5O/c1-23(2)17(24)14-7-5-13(6-8-14)15-10-20-18(21-11-15)22-16-4-3-9-19-12-16/h3-12H,1-2H3,(H,20,21,22). The summed E-state index contributed by atoms with van der Waals surface area (Å²) in [4.78, 5) is 26.1. The topological polar surface area (TPSA) is 71.0 Å². The first-order valence-electron chi connectivity index (χ1n) is 7.44. The Morgan fingerprint density at radius 2 is 1.67 bits per heavy atom. The number of anilines is 2. The van der Waals surface area contributed by atoms with Gasteiger partial charge in [0.05, 0.1) is 11.9 Å². The zero-order chi connectivity index (χ0) is 16.9. The van der Waals surface area contributed by atoms with Crippen LogP contribution in [0.2, 0.25) is 0 Å². The van der Waals surface area contributed by atoms with Crippen LogP contribution in [-0.4, -0.2) is 39.9 Å². The number of rotatable bonds is 4. The molecule has 120 valence electrons. The Balaban J connectivity index is 1.75. The molecule has 0 radical (unpaired) electrons. The molecule has 1 amide bonds. The smallest absolute Gasteiger partial charge is 0.253 e. The van der Waals surface area contributed by atoms with Gasteiger partial charge in [-0.1, -0.05) is 12.1 Å². The highest BCUT2D eigenvalue weighted by molar-refractivity contribution is 5.94. The molecular weight excluding hydrogens is 302 g/mol. The molecule has 0 aliphatic heterocycles. The summed E-state index contributed by atoms with van der Waals surface area (Å²) in [5.74, 6) is 0.486. The molecule has 2 aromatic heterocycles. The van der Waals surface area contributed by atoms with Gasteiger partial charge in [-0.2, -0.15) is 0 Å². The predicted molar refractivity (Wildman–Crippen MR) is 93.0 cm³/mol. The monoisotopic (exact) mass is 319 g/mol. The van der Waals surface area contributed by atoms with E-state index in [1.54, 1.807) is 55.9 Å². The number of pyridine rings is 1. The maximum absolute atomic E-state index is 11.9. The van der Waals surface area contributed by atoms with Crippen molar-refractivity contribution >= 4 is 17.5 Å². The fraction of sp³-hybridized carbons (Fsp3) is 0.111. The molecule has 0 aliphatic carbocycles. The molecule has 0 fully saturated rings. The largest absolute Gasteiger partial charge is 0.345 e. The highest BCUT2D eigenvalue weighted by Gasteiger charge is 2.08. The lowest BCUT2D eigenvalue weighted by Gasteiger charge is -2.10. The zero-order valence-corrected chi connectivity index (χ0v) is 13.5. The number of carbonyl (C=O) groups is 1. The molecular formula is C18H17N5O. The summed E-state index contributed by atoms with van der Waals surface area (Å²) in [6, 6.07) is 11.1. The molecule has 3 aromatic rings. The maximum atomic E-state index is 11.9. The van der Waals surface area contributed by atoms with Crippen LogP contribution in [0, 0.1) is 0 Å². The van der Waals surface area contributed by atoms with Gasteiger partial charge in [0.1, 0.15) is 0 Å². The molecule has 1 aromatic carbocycles. The second kappa shape index (κ2) is 6.87. The van der Waals surface area contributed by atoms with Crippen LogP contribution in [0.4, 0.5) is 11.6 Å². The number of nitrogens with zero attached hydrogens (tertiary/aromatic N) is 4. The molecule has 3 rings (SSSR count). The van der Waals surface area contributed by atoms with Crippen LogP contribution < -0.4 is 5.32 Å². The third-order valence-corrected chi connectivity index (χ3v) is 3.44. The van der Waals surface area contributed by atoms with Gasteiger partial charge in [0.25, 0.3) is 5.91 Å². The lowest BCUT2D eigenvalue weighted by Crippen LogP contribution is -2.21. The summed E-state index contributed by atoms with van der Waals surface area (Å²) >= 11 is 0. The number of nitrogens with one attached hydrogen (secondary N) is 1. The van der Waals surface area contributed by atoms with Crippen molar-refractivity contribution in [1.29, 1.82) is 0 Å². The first kappa shape index (κ1) is 15.6. The van der Waals surface area contributed by atoms with Crippen molar-refractivity contribution in [2.45, 2.75) is 0 Å². The van der Waals surface area contributed by atoms with Crippen LogP contribution in [-0.2, 0) is 0 Å². The maximum Gasteiger partial charge on any atom is 0.253 e. The van der Waals surface area contributed by atoms with E-state index in [0.29, 0.717) is 11.5 Å². The van der Waals surface area contributed by atoms with Crippen molar-refractivity contribution < 1.29 is 4.79 Å². The van der Waals surface area contributed by atoms with Crippen molar-refractivity contribution in [3.05, 3.63) is 66.7 Å². The molecule has 0 saturated heterocycles. The molecule has 1 N–H and O–H groups in total. The third-order valence-electron chi connectivity index (χ3n) is 3.44. The number of amides is 1. The van der Waals surface area contributed by atoms with Crippen molar-refractivity contribution in [2.24, 2.45) is 0 Å². The molecule has 0 saturated carbocycles. The summed E-state index contributed by atoms with van der Waals surface area (Å²) in [6.45, 7) is 0. The Morgan fingerprint density at radius 3 is 2.25 bits per heavy atom. The van der Waals surface area contributed by atoms with Crippen molar-refractivity contribution in [2.75, 3.05) is 19.4 Å². The molecule has 0 unspecified atom stereocenters. The van der Waals surface area contributed by atoms with E-state index in [9.17, 15) is 4.79 Å². The van der Waals surface area contributed by atoms with Crippen LogP contribution in [0.3, 0.4) is 0 Å². The normalized spacial score (nSPS) is 10.2. The van der Waals surface area contributed by atoms with E-state index < -0.39 is 0 Å². The van der Waals surface area contributed by atoms with E-state index in [2.05, 4.69) is 20.3 Å². The number of hydrogen-bond donors (Lipinski definition) is 1. The van der Waals surface area contributed by atoms with E-state index in [4.69, 9.17) is 0 Å². The minimum atomic E-state index is -0.0196. The summed E-state index contributed by atoms with van der Waals surface area (Å²) in [5, 5.41) is 3.08. The molecule has 6 heteroatoms. The Kier molecular flexibility index (Phi) is 4.47. The first-order valence-corrected chi connectivity index (χ1v) is 7.44. The quantitative estimate of drug-likeness (QED) is 0.800. The summed E-state index contributed by atoms with van der Waals surface area (Å²) in [5.41, 5.74) is 3.32. The van der Waals surface area contributed by atoms with Gasteiger partial charge in [0.2, 0.25) is 5.95 Å². The van der Waals surface area contributed by atoms with Crippen LogP contribution in [0.15, 0.2) is 61.2 Å². The Labute approximate surface area is 140 Å². The molecule has 0 spiro atoms. The fourth-order valence-corrected chi connectivity index (χ4v) is 2.17. The van der Waals surface area contributed by atoms with E-state index in [1.807, 2.05) is 24.3 Å². The zero-order valence-electron chi connectivity index (χ0n) is 13.5. The SMILES string of the molecule is CN(C)C(=O)c1ccc(-c2cnc(Nc3cccnc3)nc2)cc1. The highest BCUT2D eigenvalue weighted by atomic mass is 16.2. The van der Waals surface area contributed by atoms with Gasteiger partial charge in [-0.05, 0) is 29.8 Å². The first-order chi connectivity index (χ1) is 11.6. The van der Waals surface area contributed by atoms with E-state index in [-0.39, 0.29) is 5.91 Å². The Bertz CT molecular complexity index is 814. The van der Waals surface area contributed by atoms with Gasteiger partial charge in [-0.3, -0.25) is 9.78 Å². The van der Waals surface area contributed by atoms with Gasteiger partial charge in [-0.15, -0.1) is 0 Å². The highest BCUT2D eigenvalue weighted by Crippen LogP contribution is 2.20. The van der Waals surface area contributed by atoms with E-state index in [1.165, 1.54) is 0 Å². The molecule has 0 atom stereocenters. The minimum absolute atomic E-state index is 0.0196. The van der Waals surface area contributed by atoms with Crippen LogP contribution in [0.1, 0.15) is 10.4 Å². The van der Waals surface area contributed by atoms with Crippen molar-refractivity contribution in [1.82, 2.24) is 19.9 Å². The van der Waals surface area contributed by atoms with Crippen LogP contribution >= 0.6 is 0 Å². The lowest BCUT2D eigenvalue weighted by molar-refractivity contribution is 0.0827. The van der Waals surface area contributed by atoms with E-state index >= 15 is 0 Å². The van der Waals surface area contributed by atoms with Gasteiger partial charge in [0.15, 0.2) is 0 Å². The van der Waals surface area contributed by atoms with Crippen LogP contribution in [0.25, 0.3) is 11.1 Å². The number of carbonyl (C=O) groups excluding carboxylic acids is 1. The number of benzene rings is 1. The van der Waals surface area contributed by atoms with Crippen molar-refractivity contribution in [3.8, 4) is 11.1 Å². The summed E-state index contributed by atoms with van der Waals surface area (Å²) in [6.07, 6.45) is 6.90. The van der Waals surface area contributed by atoms with Gasteiger partial charge >= 0.3 is 0 Å². The number of hydrogen-bond acceptors (Lipinski definition) is 5. The Morgan fingerprint density at radius 1 is 0.958 bits per heavy atom. The van der Waals surface area contributed by atoms with Crippen LogP contribution in [0.5, 0.6) is 0 Å². The molecule has 0 aliphatic rings.